The molecule has 1 aromatic rings. The van der Waals surface area contributed by atoms with Crippen LogP contribution in [0.4, 0.5) is 0 Å². The van der Waals surface area contributed by atoms with Crippen LogP contribution >= 0.6 is 0 Å². The zero-order valence-electron chi connectivity index (χ0n) is 11.6. The summed E-state index contributed by atoms with van der Waals surface area (Å²) in [6.45, 7) is 1.70. The van der Waals surface area contributed by atoms with E-state index in [0.717, 1.165) is 6.26 Å². The van der Waals surface area contributed by atoms with Gasteiger partial charge in [-0.3, -0.25) is 4.79 Å². The maximum absolute atomic E-state index is 12.3. The van der Waals surface area contributed by atoms with E-state index in [-0.39, 0.29) is 11.7 Å². The van der Waals surface area contributed by atoms with Crippen molar-refractivity contribution in [2.45, 2.75) is 13.0 Å². The van der Waals surface area contributed by atoms with E-state index >= 15 is 0 Å². The Morgan fingerprint density at radius 3 is 2.47 bits per heavy atom. The molecule has 0 unspecified atom stereocenters. The molecule has 0 fully saturated rings. The number of sulfone groups is 1. The van der Waals surface area contributed by atoms with E-state index in [9.17, 15) is 13.2 Å². The van der Waals surface area contributed by atoms with Crippen LogP contribution in [-0.2, 0) is 9.84 Å². The molecule has 1 atom stereocenters. The summed E-state index contributed by atoms with van der Waals surface area (Å²) in [4.78, 5) is 13.7. The lowest BCUT2D eigenvalue weighted by Gasteiger charge is -2.25. The Morgan fingerprint density at radius 2 is 1.95 bits per heavy atom. The molecule has 6 heteroatoms. The number of benzene rings is 1. The van der Waals surface area contributed by atoms with Gasteiger partial charge in [0.2, 0.25) is 0 Å². The molecule has 0 bridgehead atoms. The van der Waals surface area contributed by atoms with E-state index in [1.54, 1.807) is 38.2 Å². The highest BCUT2D eigenvalue weighted by Crippen LogP contribution is 2.19. The predicted molar refractivity (Wildman–Crippen MR) is 74.3 cm³/mol. The average molecular weight is 285 g/mol. The first-order valence-electron chi connectivity index (χ1n) is 5.84. The quantitative estimate of drug-likeness (QED) is 0.815. The lowest BCUT2D eigenvalue weighted by molar-refractivity contribution is 0.0753. The molecule has 0 spiro atoms. The van der Waals surface area contributed by atoms with Gasteiger partial charge in [0.15, 0.2) is 0 Å². The van der Waals surface area contributed by atoms with Crippen molar-refractivity contribution in [1.82, 2.24) is 4.90 Å². The number of ether oxygens (including phenoxy) is 1. The van der Waals surface area contributed by atoms with Gasteiger partial charge in [-0.15, -0.1) is 0 Å². The van der Waals surface area contributed by atoms with Crippen molar-refractivity contribution in [2.24, 2.45) is 0 Å². The zero-order valence-corrected chi connectivity index (χ0v) is 12.4. The number of para-hydroxylation sites is 1. The van der Waals surface area contributed by atoms with E-state index in [2.05, 4.69) is 0 Å². The Kier molecular flexibility index (Phi) is 4.94. The molecule has 1 rings (SSSR count). The lowest BCUT2D eigenvalue weighted by Crippen LogP contribution is -2.39. The third kappa shape index (κ3) is 4.24. The van der Waals surface area contributed by atoms with Gasteiger partial charge in [0.1, 0.15) is 15.6 Å². The summed E-state index contributed by atoms with van der Waals surface area (Å²) >= 11 is 0. The van der Waals surface area contributed by atoms with Crippen molar-refractivity contribution in [3.8, 4) is 5.75 Å². The third-order valence-electron chi connectivity index (χ3n) is 2.86. The molecule has 0 saturated carbocycles. The number of nitrogens with zero attached hydrogens (tertiary/aromatic N) is 1. The summed E-state index contributed by atoms with van der Waals surface area (Å²) < 4.78 is 27.7. The van der Waals surface area contributed by atoms with Crippen molar-refractivity contribution < 1.29 is 17.9 Å². The molecule has 0 saturated heterocycles. The van der Waals surface area contributed by atoms with E-state index in [4.69, 9.17) is 4.74 Å². The van der Waals surface area contributed by atoms with E-state index in [0.29, 0.717) is 11.3 Å². The molecule has 19 heavy (non-hydrogen) atoms. The molecule has 106 valence electrons. The summed E-state index contributed by atoms with van der Waals surface area (Å²) in [7, 11) is -0.0449. The Hall–Kier alpha value is -1.56. The van der Waals surface area contributed by atoms with Crippen LogP contribution in [0.5, 0.6) is 5.75 Å². The standard InChI is InChI=1S/C13H19NO4S/c1-10(9-19(4,16)17)14(2)13(15)11-7-5-6-8-12(11)18-3/h5-8,10H,9H2,1-4H3/t10-/m1/s1. The topological polar surface area (TPSA) is 63.7 Å². The summed E-state index contributed by atoms with van der Waals surface area (Å²) in [6.07, 6.45) is 1.16. The van der Waals surface area contributed by atoms with Crippen molar-refractivity contribution in [3.05, 3.63) is 29.8 Å². The molecule has 1 amide bonds. The molecular weight excluding hydrogens is 266 g/mol. The molecule has 0 aliphatic rings. The lowest BCUT2D eigenvalue weighted by atomic mass is 10.1. The van der Waals surface area contributed by atoms with Gasteiger partial charge in [-0.1, -0.05) is 12.1 Å². The molecular formula is C13H19NO4S. The molecule has 5 nitrogen and oxygen atoms in total. The van der Waals surface area contributed by atoms with Crippen LogP contribution in [0.15, 0.2) is 24.3 Å². The summed E-state index contributed by atoms with van der Waals surface area (Å²) in [5.74, 6) is 0.157. The molecule has 0 aliphatic carbocycles. The first-order valence-corrected chi connectivity index (χ1v) is 7.90. The third-order valence-corrected chi connectivity index (χ3v) is 3.95. The number of hydrogen-bond acceptors (Lipinski definition) is 4. The summed E-state index contributed by atoms with van der Waals surface area (Å²) in [5.41, 5.74) is 0.424. The molecule has 0 aliphatic heterocycles. The normalized spacial score (nSPS) is 12.8. The molecule has 1 aromatic carbocycles. The Balaban J connectivity index is 2.93. The van der Waals surface area contributed by atoms with Crippen molar-refractivity contribution >= 4 is 15.7 Å². The van der Waals surface area contributed by atoms with Crippen LogP contribution in [0.1, 0.15) is 17.3 Å². The van der Waals surface area contributed by atoms with Gasteiger partial charge >= 0.3 is 0 Å². The van der Waals surface area contributed by atoms with Crippen molar-refractivity contribution in [1.29, 1.82) is 0 Å². The van der Waals surface area contributed by atoms with Gasteiger partial charge < -0.3 is 9.64 Å². The van der Waals surface area contributed by atoms with Crippen LogP contribution in [0, 0.1) is 0 Å². The average Bonchev–Trinajstić information content (AvgIpc) is 2.34. The fraction of sp³-hybridized carbons (Fsp3) is 0.462. The maximum Gasteiger partial charge on any atom is 0.257 e. The number of carbonyl (C=O) groups is 1. The minimum absolute atomic E-state index is 0.0651. The van der Waals surface area contributed by atoms with Gasteiger partial charge in [-0.2, -0.15) is 0 Å². The SMILES string of the molecule is COc1ccccc1C(=O)N(C)[C@H](C)CS(C)(=O)=O. The highest BCUT2D eigenvalue weighted by atomic mass is 32.2. The van der Waals surface area contributed by atoms with Crippen LogP contribution in [0.25, 0.3) is 0 Å². The van der Waals surface area contributed by atoms with Gasteiger partial charge in [-0.05, 0) is 19.1 Å². The maximum atomic E-state index is 12.3. The number of methoxy groups -OCH3 is 1. The largest absolute Gasteiger partial charge is 0.496 e. The van der Waals surface area contributed by atoms with Gasteiger partial charge in [0.05, 0.1) is 18.4 Å². The Morgan fingerprint density at radius 1 is 1.37 bits per heavy atom. The minimum Gasteiger partial charge on any atom is -0.496 e. The van der Waals surface area contributed by atoms with Gasteiger partial charge in [0.25, 0.3) is 5.91 Å². The predicted octanol–water partition coefficient (Wildman–Crippen LogP) is 1.20. The monoisotopic (exact) mass is 285 g/mol. The smallest absolute Gasteiger partial charge is 0.257 e. The highest BCUT2D eigenvalue weighted by molar-refractivity contribution is 7.90. The first kappa shape index (κ1) is 15.5. The number of amides is 1. The fourth-order valence-corrected chi connectivity index (χ4v) is 2.86. The van der Waals surface area contributed by atoms with Crippen LogP contribution in [0.3, 0.4) is 0 Å². The molecule has 0 N–H and O–H groups in total. The molecule has 0 radical (unpaired) electrons. The second-order valence-corrected chi connectivity index (χ2v) is 6.74. The van der Waals surface area contributed by atoms with E-state index in [1.165, 1.54) is 12.0 Å². The Labute approximate surface area is 114 Å². The van der Waals surface area contributed by atoms with Crippen molar-refractivity contribution in [3.63, 3.8) is 0 Å². The van der Waals surface area contributed by atoms with Crippen molar-refractivity contribution in [2.75, 3.05) is 26.2 Å². The van der Waals surface area contributed by atoms with E-state index < -0.39 is 15.9 Å². The van der Waals surface area contributed by atoms with Crippen LogP contribution in [-0.4, -0.2) is 51.4 Å². The minimum atomic E-state index is -3.12. The molecule has 0 heterocycles. The zero-order chi connectivity index (χ0) is 14.6. The second kappa shape index (κ2) is 6.06. The molecule has 0 aromatic heterocycles. The van der Waals surface area contributed by atoms with Crippen LogP contribution in [0.2, 0.25) is 0 Å². The van der Waals surface area contributed by atoms with E-state index in [1.807, 2.05) is 0 Å². The summed E-state index contributed by atoms with van der Waals surface area (Å²) in [5, 5.41) is 0. The first-order chi connectivity index (χ1) is 8.76. The second-order valence-electron chi connectivity index (χ2n) is 4.56. The number of carbonyl (C=O) groups excluding carboxylic acids is 1. The number of hydrogen-bond donors (Lipinski definition) is 0. The Bertz CT molecular complexity index is 554. The van der Waals surface area contributed by atoms with Gasteiger partial charge in [-0.25, -0.2) is 8.42 Å². The highest BCUT2D eigenvalue weighted by Gasteiger charge is 2.22. The summed E-state index contributed by atoms with van der Waals surface area (Å²) in [6, 6.07) is 6.47. The number of rotatable bonds is 5. The van der Waals surface area contributed by atoms with Gasteiger partial charge in [0, 0.05) is 19.3 Å². The fourth-order valence-electron chi connectivity index (χ4n) is 1.76. The van der Waals surface area contributed by atoms with Crippen LogP contribution < -0.4 is 4.74 Å².